The Morgan fingerprint density at radius 1 is 1.06 bits per heavy atom. The maximum atomic E-state index is 13.5. The van der Waals surface area contributed by atoms with Gasteiger partial charge in [0, 0.05) is 5.56 Å². The second-order valence-electron chi connectivity index (χ2n) is 7.30. The summed E-state index contributed by atoms with van der Waals surface area (Å²) < 4.78 is 25.0. The van der Waals surface area contributed by atoms with Crippen LogP contribution in [0.3, 0.4) is 0 Å². The molecule has 0 aromatic heterocycles. The third-order valence-electron chi connectivity index (χ3n) is 4.88. The zero-order valence-corrected chi connectivity index (χ0v) is 18.5. The molecule has 0 aliphatic rings. The molecule has 0 saturated carbocycles. The molecule has 1 unspecified atom stereocenters. The molecule has 0 bridgehead atoms. The lowest BCUT2D eigenvalue weighted by molar-refractivity contribution is -0.137. The minimum absolute atomic E-state index is 0.102. The average molecular weight is 462 g/mol. The number of carboxylic acids is 1. The van der Waals surface area contributed by atoms with Gasteiger partial charge in [0.05, 0.1) is 18.4 Å². The number of nitrogens with zero attached hydrogens (tertiary/aromatic N) is 2. The van der Waals surface area contributed by atoms with Gasteiger partial charge in [-0.3, -0.25) is 4.79 Å². The molecule has 3 aromatic rings. The van der Waals surface area contributed by atoms with Crippen molar-refractivity contribution in [2.24, 2.45) is 5.16 Å². The fraction of sp³-hybridized carbons (Fsp3) is 0.192. The molecule has 7 nitrogen and oxygen atoms in total. The quantitative estimate of drug-likeness (QED) is 0.321. The van der Waals surface area contributed by atoms with Crippen molar-refractivity contribution >= 4 is 11.7 Å². The van der Waals surface area contributed by atoms with Gasteiger partial charge in [-0.2, -0.15) is 5.26 Å². The molecule has 174 valence electrons. The molecule has 0 aliphatic carbocycles. The number of aliphatic carboxylic acids is 1. The zero-order valence-electron chi connectivity index (χ0n) is 18.5. The lowest BCUT2D eigenvalue weighted by Gasteiger charge is -2.11. The van der Waals surface area contributed by atoms with E-state index in [1.807, 2.05) is 18.2 Å². The van der Waals surface area contributed by atoms with E-state index < -0.39 is 11.9 Å². The van der Waals surface area contributed by atoms with Gasteiger partial charge in [0.15, 0.2) is 0 Å². The smallest absolute Gasteiger partial charge is 0.305 e. The van der Waals surface area contributed by atoms with Crippen molar-refractivity contribution in [3.05, 3.63) is 95.3 Å². The average Bonchev–Trinajstić information content (AvgIpc) is 2.84. The normalized spacial score (nSPS) is 11.9. The summed E-state index contributed by atoms with van der Waals surface area (Å²) in [6, 6.07) is 22.2. The van der Waals surface area contributed by atoms with E-state index in [0.717, 1.165) is 5.56 Å². The Hall–Kier alpha value is -4.38. The molecule has 8 heteroatoms. The molecule has 0 heterocycles. The van der Waals surface area contributed by atoms with Crippen molar-refractivity contribution in [2.75, 3.05) is 13.7 Å². The molecule has 0 amide bonds. The number of halogens is 1. The van der Waals surface area contributed by atoms with Crippen molar-refractivity contribution in [3.63, 3.8) is 0 Å². The first-order valence-corrected chi connectivity index (χ1v) is 10.4. The van der Waals surface area contributed by atoms with Crippen LogP contribution >= 0.6 is 0 Å². The summed E-state index contributed by atoms with van der Waals surface area (Å²) in [7, 11) is 1.42. The fourth-order valence-electron chi connectivity index (χ4n) is 3.15. The van der Waals surface area contributed by atoms with Gasteiger partial charge in [0.2, 0.25) is 0 Å². The lowest BCUT2D eigenvalue weighted by atomic mass is 9.97. The zero-order chi connectivity index (χ0) is 24.3. The largest absolute Gasteiger partial charge is 0.489 e. The van der Waals surface area contributed by atoms with E-state index in [0.29, 0.717) is 34.9 Å². The van der Waals surface area contributed by atoms with Gasteiger partial charge in [0.25, 0.3) is 0 Å². The Bertz CT molecular complexity index is 1170. The Morgan fingerprint density at radius 2 is 1.74 bits per heavy atom. The van der Waals surface area contributed by atoms with Crippen LogP contribution in [0.5, 0.6) is 11.5 Å². The number of ether oxygens (including phenoxy) is 2. The number of hydrogen-bond donors (Lipinski definition) is 1. The van der Waals surface area contributed by atoms with E-state index >= 15 is 0 Å². The van der Waals surface area contributed by atoms with Crippen molar-refractivity contribution in [3.8, 4) is 17.6 Å². The van der Waals surface area contributed by atoms with Crippen molar-refractivity contribution < 1.29 is 28.6 Å². The standard InChI is InChI=1S/C26H23FN2O5/c1-32-29-25(20-3-2-4-22(27)13-20)17-34-23-9-5-18(6-10-23)16-33-24-11-7-19(8-12-24)21(15-28)14-26(30)31/h2-13,21H,14,16-17H2,1H3,(H,30,31)/b29-25-. The first-order chi connectivity index (χ1) is 16.5. The van der Waals surface area contributed by atoms with Crippen molar-refractivity contribution in [1.82, 2.24) is 0 Å². The van der Waals surface area contributed by atoms with E-state index in [4.69, 9.17) is 24.7 Å². The number of nitriles is 1. The number of hydrogen-bond acceptors (Lipinski definition) is 6. The van der Waals surface area contributed by atoms with E-state index in [1.54, 1.807) is 48.5 Å². The first-order valence-electron chi connectivity index (χ1n) is 10.4. The lowest BCUT2D eigenvalue weighted by Crippen LogP contribution is -2.13. The van der Waals surface area contributed by atoms with Crippen LogP contribution in [-0.2, 0) is 16.2 Å². The second-order valence-corrected chi connectivity index (χ2v) is 7.30. The number of rotatable bonds is 11. The summed E-state index contributed by atoms with van der Waals surface area (Å²) in [5.41, 5.74) is 2.57. The summed E-state index contributed by atoms with van der Waals surface area (Å²) in [6.45, 7) is 0.418. The van der Waals surface area contributed by atoms with Crippen molar-refractivity contribution in [2.45, 2.75) is 18.9 Å². The van der Waals surface area contributed by atoms with E-state index in [-0.39, 0.29) is 18.8 Å². The molecule has 1 N–H and O–H groups in total. The molecule has 34 heavy (non-hydrogen) atoms. The van der Waals surface area contributed by atoms with Crippen LogP contribution in [-0.4, -0.2) is 30.5 Å². The van der Waals surface area contributed by atoms with Crippen LogP contribution in [0.4, 0.5) is 4.39 Å². The van der Waals surface area contributed by atoms with Gasteiger partial charge < -0.3 is 19.4 Å². The fourth-order valence-corrected chi connectivity index (χ4v) is 3.15. The van der Waals surface area contributed by atoms with Gasteiger partial charge in [0.1, 0.15) is 43.4 Å². The summed E-state index contributed by atoms with van der Waals surface area (Å²) in [5, 5.41) is 22.0. The monoisotopic (exact) mass is 462 g/mol. The minimum Gasteiger partial charge on any atom is -0.489 e. The van der Waals surface area contributed by atoms with E-state index in [2.05, 4.69) is 5.16 Å². The SMILES string of the molecule is CO/N=C(/COc1ccc(COc2ccc(C(C#N)CC(=O)O)cc2)cc1)c1cccc(F)c1. The predicted octanol–water partition coefficient (Wildman–Crippen LogP) is 4.92. The Morgan fingerprint density at radius 3 is 2.35 bits per heavy atom. The Labute approximate surface area is 196 Å². The van der Waals surface area contributed by atoms with Crippen LogP contribution < -0.4 is 9.47 Å². The molecule has 3 rings (SSSR count). The van der Waals surface area contributed by atoms with E-state index in [9.17, 15) is 9.18 Å². The molecule has 1 atom stereocenters. The number of carbonyl (C=O) groups is 1. The first kappa shape index (κ1) is 24.3. The highest BCUT2D eigenvalue weighted by Crippen LogP contribution is 2.23. The van der Waals surface area contributed by atoms with Crippen LogP contribution in [0, 0.1) is 17.1 Å². The molecule has 0 spiro atoms. The molecule has 0 radical (unpaired) electrons. The second kappa shape index (κ2) is 12.0. The summed E-state index contributed by atoms with van der Waals surface area (Å²) >= 11 is 0. The molecule has 0 aliphatic heterocycles. The third-order valence-corrected chi connectivity index (χ3v) is 4.88. The van der Waals surface area contributed by atoms with Gasteiger partial charge in [-0.25, -0.2) is 4.39 Å². The number of oxime groups is 1. The summed E-state index contributed by atoms with van der Waals surface area (Å²) in [4.78, 5) is 15.7. The Balaban J connectivity index is 1.54. The number of carboxylic acid groups (broad SMARTS) is 1. The highest BCUT2D eigenvalue weighted by atomic mass is 19.1. The van der Waals surface area contributed by atoms with Gasteiger partial charge in [-0.05, 0) is 47.5 Å². The van der Waals surface area contributed by atoms with Gasteiger partial charge in [-0.15, -0.1) is 0 Å². The third kappa shape index (κ3) is 7.07. The molecule has 0 saturated heterocycles. The predicted molar refractivity (Wildman–Crippen MR) is 123 cm³/mol. The highest BCUT2D eigenvalue weighted by Gasteiger charge is 2.14. The topological polar surface area (TPSA) is 101 Å². The summed E-state index contributed by atoms with van der Waals surface area (Å²) in [5.74, 6) is -0.878. The van der Waals surface area contributed by atoms with Crippen molar-refractivity contribution in [1.29, 1.82) is 5.26 Å². The maximum absolute atomic E-state index is 13.5. The molecule has 0 fully saturated rings. The van der Waals surface area contributed by atoms with Crippen LogP contribution in [0.1, 0.15) is 29.0 Å². The van der Waals surface area contributed by atoms with Gasteiger partial charge >= 0.3 is 5.97 Å². The maximum Gasteiger partial charge on any atom is 0.305 e. The highest BCUT2D eigenvalue weighted by molar-refractivity contribution is 6.01. The molecule has 3 aromatic carbocycles. The summed E-state index contributed by atoms with van der Waals surface area (Å²) in [6.07, 6.45) is -0.244. The minimum atomic E-state index is -1.02. The molecular formula is C26H23FN2O5. The van der Waals surface area contributed by atoms with Gasteiger partial charge in [-0.1, -0.05) is 41.6 Å². The van der Waals surface area contributed by atoms with Crippen LogP contribution in [0.25, 0.3) is 0 Å². The van der Waals surface area contributed by atoms with Crippen LogP contribution in [0.2, 0.25) is 0 Å². The Kier molecular flexibility index (Phi) is 8.58. The molecular weight excluding hydrogens is 439 g/mol. The van der Waals surface area contributed by atoms with Crippen LogP contribution in [0.15, 0.2) is 78.0 Å². The number of benzene rings is 3. The van der Waals surface area contributed by atoms with E-state index in [1.165, 1.54) is 19.2 Å².